The maximum Gasteiger partial charge on any atom is 0.233 e. The summed E-state index contributed by atoms with van der Waals surface area (Å²) in [6.45, 7) is 4.67. The van der Waals surface area contributed by atoms with E-state index < -0.39 is 5.41 Å². The number of hydrogen-bond donors (Lipinski definition) is 1. The number of furan rings is 1. The zero-order valence-electron chi connectivity index (χ0n) is 28.6. The lowest BCUT2D eigenvalue weighted by Crippen LogP contribution is -2.44. The van der Waals surface area contributed by atoms with Crippen LogP contribution in [0.25, 0.3) is 11.0 Å². The second-order valence-electron chi connectivity index (χ2n) is 13.1. The van der Waals surface area contributed by atoms with Crippen molar-refractivity contribution in [3.63, 3.8) is 0 Å². The van der Waals surface area contributed by atoms with E-state index in [1.54, 1.807) is 33.9 Å². The molecule has 0 spiro atoms. The Labute approximate surface area is 287 Å². The predicted molar refractivity (Wildman–Crippen MR) is 189 cm³/mol. The van der Waals surface area contributed by atoms with Crippen molar-refractivity contribution in [1.82, 2.24) is 19.4 Å². The summed E-state index contributed by atoms with van der Waals surface area (Å²) in [5.74, 6) is 2.80. The van der Waals surface area contributed by atoms with Crippen LogP contribution in [0.15, 0.2) is 89.7 Å². The number of piperidine rings is 1. The average molecular weight is 664 g/mol. The van der Waals surface area contributed by atoms with E-state index in [-0.39, 0.29) is 5.91 Å². The van der Waals surface area contributed by atoms with Crippen LogP contribution in [-0.4, -0.2) is 78.8 Å². The van der Waals surface area contributed by atoms with E-state index in [4.69, 9.17) is 23.6 Å². The standard InChI is InChI=1S/C39H45N5O5/c1-46-34-23-29(24-35(47-2)36(34)48-3)25-43-21-17-39(37(43)45,30-9-5-4-6-10-30)16-20-42-18-13-31(14-19-42)40-38-41-32-11-7-8-12-33(32)44(38)26-28-15-22-49-27-28/h4-12,15,22-24,27,31H,13-14,16-21,25-26H2,1-3H3,(H,40,41). The van der Waals surface area contributed by atoms with Gasteiger partial charge in [0.05, 0.1) is 56.8 Å². The molecular weight excluding hydrogens is 618 g/mol. The molecular formula is C39H45N5O5. The van der Waals surface area contributed by atoms with Crippen LogP contribution in [0.4, 0.5) is 5.95 Å². The van der Waals surface area contributed by atoms with Crippen molar-refractivity contribution in [1.29, 1.82) is 0 Å². The molecule has 49 heavy (non-hydrogen) atoms. The number of imidazole rings is 1. The SMILES string of the molecule is COc1cc(CN2CCC(CCN3CCC(Nc4nc5ccccc5n4Cc4ccoc4)CC3)(c3ccccc3)C2=O)cc(OC)c1OC. The third-order valence-corrected chi connectivity index (χ3v) is 10.3. The summed E-state index contributed by atoms with van der Waals surface area (Å²) in [7, 11) is 4.82. The topological polar surface area (TPSA) is 94.2 Å². The Morgan fingerprint density at radius 2 is 1.61 bits per heavy atom. The molecule has 4 heterocycles. The number of anilines is 1. The van der Waals surface area contributed by atoms with Crippen molar-refractivity contribution in [2.45, 2.75) is 50.2 Å². The summed E-state index contributed by atoms with van der Waals surface area (Å²) in [5, 5.41) is 3.77. The molecule has 10 heteroatoms. The minimum atomic E-state index is -0.561. The molecule has 2 aromatic heterocycles. The fourth-order valence-electron chi connectivity index (χ4n) is 7.58. The average Bonchev–Trinajstić information content (AvgIpc) is 3.87. The molecule has 1 N–H and O–H groups in total. The van der Waals surface area contributed by atoms with Gasteiger partial charge < -0.3 is 38.3 Å². The normalized spacial score (nSPS) is 18.7. The first-order valence-corrected chi connectivity index (χ1v) is 17.1. The Balaban J connectivity index is 1.02. The molecule has 1 unspecified atom stereocenters. The number of fused-ring (bicyclic) bond motifs is 1. The lowest BCUT2D eigenvalue weighted by Gasteiger charge is -2.36. The predicted octanol–water partition coefficient (Wildman–Crippen LogP) is 6.34. The molecule has 256 valence electrons. The number of aromatic nitrogens is 2. The summed E-state index contributed by atoms with van der Waals surface area (Å²) < 4.78 is 24.3. The maximum absolute atomic E-state index is 14.4. The van der Waals surface area contributed by atoms with Crippen molar-refractivity contribution in [3.8, 4) is 17.2 Å². The third-order valence-electron chi connectivity index (χ3n) is 10.3. The van der Waals surface area contributed by atoms with E-state index in [2.05, 4.69) is 45.1 Å². The number of amides is 1. The highest BCUT2D eigenvalue weighted by molar-refractivity contribution is 5.90. The van der Waals surface area contributed by atoms with Gasteiger partial charge in [-0.2, -0.15) is 0 Å². The van der Waals surface area contributed by atoms with Crippen molar-refractivity contribution in [3.05, 3.63) is 102 Å². The molecule has 2 fully saturated rings. The van der Waals surface area contributed by atoms with E-state index in [9.17, 15) is 4.79 Å². The Morgan fingerprint density at radius 1 is 0.878 bits per heavy atom. The van der Waals surface area contributed by atoms with Gasteiger partial charge in [-0.05, 0) is 73.7 Å². The van der Waals surface area contributed by atoms with Crippen LogP contribution in [0.1, 0.15) is 42.4 Å². The first-order chi connectivity index (χ1) is 24.0. The van der Waals surface area contributed by atoms with Gasteiger partial charge in [-0.1, -0.05) is 42.5 Å². The van der Waals surface area contributed by atoms with E-state index in [1.807, 2.05) is 47.4 Å². The molecule has 3 aromatic carbocycles. The van der Waals surface area contributed by atoms with E-state index in [0.29, 0.717) is 42.9 Å². The van der Waals surface area contributed by atoms with Crippen molar-refractivity contribution in [2.75, 3.05) is 52.8 Å². The van der Waals surface area contributed by atoms with Crippen LogP contribution in [0, 0.1) is 0 Å². The first kappa shape index (κ1) is 32.6. The smallest absolute Gasteiger partial charge is 0.233 e. The molecule has 0 saturated carbocycles. The largest absolute Gasteiger partial charge is 0.493 e. The molecule has 7 rings (SSSR count). The number of nitrogens with one attached hydrogen (secondary N) is 1. The number of para-hydroxylation sites is 2. The van der Waals surface area contributed by atoms with Crippen LogP contribution in [0.2, 0.25) is 0 Å². The molecule has 1 atom stereocenters. The fraction of sp³-hybridized carbons (Fsp3) is 0.385. The summed E-state index contributed by atoms with van der Waals surface area (Å²) in [4.78, 5) is 23.9. The Kier molecular flexibility index (Phi) is 9.48. The number of likely N-dealkylation sites (tertiary alicyclic amines) is 2. The molecule has 1 amide bonds. The van der Waals surface area contributed by atoms with Gasteiger partial charge in [0.1, 0.15) is 0 Å². The van der Waals surface area contributed by atoms with E-state index in [0.717, 1.165) is 79.0 Å². The first-order valence-electron chi connectivity index (χ1n) is 17.1. The van der Waals surface area contributed by atoms with Gasteiger partial charge in [0.25, 0.3) is 0 Å². The second kappa shape index (κ2) is 14.3. The summed E-state index contributed by atoms with van der Waals surface area (Å²) >= 11 is 0. The van der Waals surface area contributed by atoms with E-state index in [1.165, 1.54) is 0 Å². The van der Waals surface area contributed by atoms with Gasteiger partial charge in [0.2, 0.25) is 17.6 Å². The van der Waals surface area contributed by atoms with Crippen LogP contribution >= 0.6 is 0 Å². The molecule has 0 bridgehead atoms. The number of carbonyl (C=O) groups is 1. The third kappa shape index (κ3) is 6.57. The zero-order chi connectivity index (χ0) is 33.8. The number of carbonyl (C=O) groups excluding carboxylic acids is 1. The van der Waals surface area contributed by atoms with Crippen molar-refractivity contribution >= 4 is 22.9 Å². The second-order valence-corrected chi connectivity index (χ2v) is 13.1. The van der Waals surface area contributed by atoms with Crippen LogP contribution in [-0.2, 0) is 23.3 Å². The van der Waals surface area contributed by atoms with Crippen molar-refractivity contribution < 1.29 is 23.4 Å². The summed E-state index contributed by atoms with van der Waals surface area (Å²) in [6.07, 6.45) is 7.08. The molecule has 2 aliphatic rings. The zero-order valence-corrected chi connectivity index (χ0v) is 28.6. The summed E-state index contributed by atoms with van der Waals surface area (Å²) in [5.41, 5.74) is 4.68. The number of benzene rings is 3. The number of hydrogen-bond acceptors (Lipinski definition) is 8. The molecule has 0 radical (unpaired) electrons. The lowest BCUT2D eigenvalue weighted by molar-refractivity contribution is -0.133. The van der Waals surface area contributed by atoms with Crippen LogP contribution in [0.3, 0.4) is 0 Å². The number of rotatable bonds is 13. The van der Waals surface area contributed by atoms with Gasteiger partial charge in [-0.25, -0.2) is 4.98 Å². The van der Waals surface area contributed by atoms with Crippen LogP contribution < -0.4 is 19.5 Å². The van der Waals surface area contributed by atoms with Crippen molar-refractivity contribution in [2.24, 2.45) is 0 Å². The molecule has 10 nitrogen and oxygen atoms in total. The fourth-order valence-corrected chi connectivity index (χ4v) is 7.58. The highest BCUT2D eigenvalue weighted by Gasteiger charge is 2.47. The van der Waals surface area contributed by atoms with Gasteiger partial charge in [-0.15, -0.1) is 0 Å². The Bertz CT molecular complexity index is 1840. The molecule has 0 aliphatic carbocycles. The Morgan fingerprint density at radius 3 is 2.31 bits per heavy atom. The molecule has 2 aliphatic heterocycles. The number of methoxy groups -OCH3 is 3. The maximum atomic E-state index is 14.4. The highest BCUT2D eigenvalue weighted by Crippen LogP contribution is 2.42. The van der Waals surface area contributed by atoms with Gasteiger partial charge in [0, 0.05) is 37.8 Å². The van der Waals surface area contributed by atoms with Gasteiger partial charge in [0.15, 0.2) is 11.5 Å². The highest BCUT2D eigenvalue weighted by atomic mass is 16.5. The Hall–Kier alpha value is -4.96. The monoisotopic (exact) mass is 663 g/mol. The summed E-state index contributed by atoms with van der Waals surface area (Å²) in [6, 6.07) is 24.8. The molecule has 2 saturated heterocycles. The molecule has 5 aromatic rings. The number of ether oxygens (including phenoxy) is 3. The van der Waals surface area contributed by atoms with E-state index >= 15 is 0 Å². The van der Waals surface area contributed by atoms with Gasteiger partial charge >= 0.3 is 0 Å². The lowest BCUT2D eigenvalue weighted by atomic mass is 9.76. The number of nitrogens with zero attached hydrogens (tertiary/aromatic N) is 4. The minimum Gasteiger partial charge on any atom is -0.493 e. The van der Waals surface area contributed by atoms with Crippen LogP contribution in [0.5, 0.6) is 17.2 Å². The minimum absolute atomic E-state index is 0.181. The van der Waals surface area contributed by atoms with Gasteiger partial charge in [-0.3, -0.25) is 4.79 Å². The quantitative estimate of drug-likeness (QED) is 0.156.